The Labute approximate surface area is 210 Å². The Morgan fingerprint density at radius 3 is 2.62 bits per heavy atom. The Morgan fingerprint density at radius 1 is 1.14 bits per heavy atom. The van der Waals surface area contributed by atoms with Gasteiger partial charge in [0.05, 0.1) is 16.6 Å². The summed E-state index contributed by atoms with van der Waals surface area (Å²) in [7, 11) is -3.91. The number of fused-ring (bicyclic) bond motifs is 3. The summed E-state index contributed by atoms with van der Waals surface area (Å²) in [6.07, 6.45) is 0.206. The number of alkyl halides is 3. The van der Waals surface area contributed by atoms with Crippen LogP contribution in [0.3, 0.4) is 0 Å². The number of amides is 1. The molecule has 0 N–H and O–H groups in total. The molecule has 0 spiro atoms. The molecule has 4 heterocycles. The molecule has 1 saturated heterocycles. The van der Waals surface area contributed by atoms with Gasteiger partial charge in [-0.25, -0.2) is 22.2 Å². The Morgan fingerprint density at radius 2 is 1.89 bits per heavy atom. The van der Waals surface area contributed by atoms with E-state index in [9.17, 15) is 26.4 Å². The number of pyridine rings is 2. The summed E-state index contributed by atoms with van der Waals surface area (Å²) in [5.74, 6) is -0.208. The van der Waals surface area contributed by atoms with Crippen molar-refractivity contribution in [3.05, 3.63) is 66.1 Å². The summed E-state index contributed by atoms with van der Waals surface area (Å²) < 4.78 is 69.8. The molecule has 12 heteroatoms. The van der Waals surface area contributed by atoms with E-state index in [1.54, 1.807) is 42.6 Å². The normalized spacial score (nSPS) is 16.9. The fourth-order valence-electron chi connectivity index (χ4n) is 4.72. The lowest BCUT2D eigenvalue weighted by Crippen LogP contribution is -2.40. The molecule has 0 radical (unpaired) electrons. The van der Waals surface area contributed by atoms with Crippen molar-refractivity contribution >= 4 is 38.1 Å². The topological polar surface area (TPSA) is 94.4 Å². The van der Waals surface area contributed by atoms with E-state index < -0.39 is 28.9 Å². The molecule has 1 atom stereocenters. The van der Waals surface area contributed by atoms with E-state index in [0.29, 0.717) is 35.7 Å². The highest BCUT2D eigenvalue weighted by molar-refractivity contribution is 7.90. The highest BCUT2D eigenvalue weighted by Gasteiger charge is 2.33. The fourth-order valence-corrected chi connectivity index (χ4v) is 6.03. The first-order valence-electron chi connectivity index (χ1n) is 11.6. The van der Waals surface area contributed by atoms with Gasteiger partial charge in [0.1, 0.15) is 0 Å². The molecule has 8 nitrogen and oxygen atoms in total. The van der Waals surface area contributed by atoms with Crippen molar-refractivity contribution in [3.63, 3.8) is 0 Å². The standard InChI is InChI=1S/C25H23F3N4O4S/c1-16-4-6-18(7-5-16)37(34,35)32-12-9-20-22-19(8-10-29-21(22)13-30-23(20)32)17-3-2-11-31(14-17)24(33)36-15-25(26,27)28/h4-10,12-13,17H,2-3,11,14-15H2,1H3. The lowest BCUT2D eigenvalue weighted by Gasteiger charge is -2.32. The number of aromatic nitrogens is 3. The second-order valence-corrected chi connectivity index (χ2v) is 10.9. The Balaban J connectivity index is 1.53. The number of ether oxygens (including phenoxy) is 1. The van der Waals surface area contributed by atoms with Crippen LogP contribution in [0.15, 0.2) is 59.9 Å². The number of hydrogen-bond donors (Lipinski definition) is 0. The maximum atomic E-state index is 13.4. The minimum atomic E-state index is -4.60. The van der Waals surface area contributed by atoms with E-state index in [0.717, 1.165) is 15.1 Å². The van der Waals surface area contributed by atoms with Crippen LogP contribution in [0.1, 0.15) is 29.9 Å². The van der Waals surface area contributed by atoms with Crippen LogP contribution in [0.4, 0.5) is 18.0 Å². The Bertz CT molecular complexity index is 1580. The summed E-state index contributed by atoms with van der Waals surface area (Å²) >= 11 is 0. The van der Waals surface area contributed by atoms with E-state index in [4.69, 9.17) is 0 Å². The van der Waals surface area contributed by atoms with Gasteiger partial charge in [0.25, 0.3) is 10.0 Å². The number of nitrogens with zero attached hydrogens (tertiary/aromatic N) is 4. The molecule has 1 fully saturated rings. The molecule has 194 valence electrons. The summed E-state index contributed by atoms with van der Waals surface area (Å²) in [4.78, 5) is 22.5. The molecule has 0 saturated carbocycles. The molecular formula is C25H23F3N4O4S. The van der Waals surface area contributed by atoms with Crippen molar-refractivity contribution in [3.8, 4) is 0 Å². The Kier molecular flexibility index (Phi) is 6.30. The van der Waals surface area contributed by atoms with Gasteiger partial charge in [-0.2, -0.15) is 13.2 Å². The summed E-state index contributed by atoms with van der Waals surface area (Å²) in [6, 6.07) is 9.98. The highest BCUT2D eigenvalue weighted by Crippen LogP contribution is 2.36. The molecule has 1 aromatic carbocycles. The van der Waals surface area contributed by atoms with E-state index in [-0.39, 0.29) is 23.0 Å². The monoisotopic (exact) mass is 532 g/mol. The quantitative estimate of drug-likeness (QED) is 0.367. The largest absolute Gasteiger partial charge is 0.440 e. The van der Waals surface area contributed by atoms with E-state index in [2.05, 4.69) is 14.7 Å². The van der Waals surface area contributed by atoms with Gasteiger partial charge in [-0.1, -0.05) is 17.7 Å². The van der Waals surface area contributed by atoms with Gasteiger partial charge in [-0.15, -0.1) is 0 Å². The number of likely N-dealkylation sites (tertiary alicyclic amines) is 1. The van der Waals surface area contributed by atoms with Crippen LogP contribution in [0.2, 0.25) is 0 Å². The second-order valence-electron chi connectivity index (χ2n) is 9.04. The van der Waals surface area contributed by atoms with Gasteiger partial charge >= 0.3 is 12.3 Å². The summed E-state index contributed by atoms with van der Waals surface area (Å²) in [5, 5.41) is 1.27. The molecule has 5 rings (SSSR count). The van der Waals surface area contributed by atoms with Crippen molar-refractivity contribution in [2.45, 2.75) is 36.8 Å². The third-order valence-electron chi connectivity index (χ3n) is 6.47. The molecule has 37 heavy (non-hydrogen) atoms. The van der Waals surface area contributed by atoms with Gasteiger partial charge in [-0.3, -0.25) is 4.98 Å². The fraction of sp³-hybridized carbons (Fsp3) is 0.320. The highest BCUT2D eigenvalue weighted by atomic mass is 32.2. The summed E-state index contributed by atoms with van der Waals surface area (Å²) in [5.41, 5.74) is 2.53. The van der Waals surface area contributed by atoms with E-state index in [1.165, 1.54) is 17.3 Å². The first-order valence-corrected chi connectivity index (χ1v) is 13.0. The number of hydrogen-bond acceptors (Lipinski definition) is 6. The smallest absolute Gasteiger partial charge is 0.422 e. The second kappa shape index (κ2) is 9.33. The molecule has 3 aromatic heterocycles. The molecule has 1 aliphatic heterocycles. The van der Waals surface area contributed by atoms with Crippen LogP contribution in [0.25, 0.3) is 21.9 Å². The number of piperidine rings is 1. The zero-order valence-corrected chi connectivity index (χ0v) is 20.6. The van der Waals surface area contributed by atoms with Gasteiger partial charge in [0.15, 0.2) is 12.3 Å². The molecule has 1 amide bonds. The minimum absolute atomic E-state index is 0.129. The van der Waals surface area contributed by atoms with Gasteiger partial charge in [0.2, 0.25) is 0 Å². The number of halogens is 3. The number of rotatable bonds is 4. The Hall–Kier alpha value is -3.67. The van der Waals surface area contributed by atoms with Crippen molar-refractivity contribution < 1.29 is 31.1 Å². The predicted octanol–water partition coefficient (Wildman–Crippen LogP) is 5.01. The van der Waals surface area contributed by atoms with E-state index in [1.807, 2.05) is 6.92 Å². The van der Waals surface area contributed by atoms with Crippen molar-refractivity contribution in [2.75, 3.05) is 19.7 Å². The molecule has 1 unspecified atom stereocenters. The van der Waals surface area contributed by atoms with Gasteiger partial charge in [0, 0.05) is 42.2 Å². The van der Waals surface area contributed by atoms with Crippen LogP contribution in [0, 0.1) is 6.92 Å². The zero-order chi connectivity index (χ0) is 26.4. The van der Waals surface area contributed by atoms with Crippen LogP contribution < -0.4 is 0 Å². The van der Waals surface area contributed by atoms with Gasteiger partial charge < -0.3 is 9.64 Å². The average Bonchev–Trinajstić information content (AvgIpc) is 3.32. The maximum Gasteiger partial charge on any atom is 0.422 e. The van der Waals surface area contributed by atoms with Crippen LogP contribution in [-0.4, -0.2) is 59.2 Å². The number of carbonyl (C=O) groups excluding carboxylic acids is 1. The zero-order valence-electron chi connectivity index (χ0n) is 19.8. The van der Waals surface area contributed by atoms with Crippen LogP contribution in [-0.2, 0) is 14.8 Å². The third-order valence-corrected chi connectivity index (χ3v) is 8.15. The maximum absolute atomic E-state index is 13.4. The lowest BCUT2D eigenvalue weighted by atomic mass is 9.88. The van der Waals surface area contributed by atoms with Crippen molar-refractivity contribution in [1.29, 1.82) is 0 Å². The first kappa shape index (κ1) is 25.0. The number of benzene rings is 1. The molecule has 0 bridgehead atoms. The molecule has 1 aliphatic rings. The number of carbonyl (C=O) groups is 1. The summed E-state index contributed by atoms with van der Waals surface area (Å²) in [6.45, 7) is 0.687. The van der Waals surface area contributed by atoms with Crippen molar-refractivity contribution in [2.24, 2.45) is 0 Å². The lowest BCUT2D eigenvalue weighted by molar-refractivity contribution is -0.162. The van der Waals surface area contributed by atoms with Crippen LogP contribution >= 0.6 is 0 Å². The predicted molar refractivity (Wildman–Crippen MR) is 130 cm³/mol. The van der Waals surface area contributed by atoms with Crippen LogP contribution in [0.5, 0.6) is 0 Å². The molecular weight excluding hydrogens is 509 g/mol. The number of aryl methyl sites for hydroxylation is 1. The minimum Gasteiger partial charge on any atom is -0.440 e. The molecule has 0 aliphatic carbocycles. The van der Waals surface area contributed by atoms with Gasteiger partial charge in [-0.05, 0) is 49.6 Å². The van der Waals surface area contributed by atoms with E-state index >= 15 is 0 Å². The SMILES string of the molecule is Cc1ccc(S(=O)(=O)n2ccc3c4c(C5CCCN(C(=O)OCC(F)(F)F)C5)ccnc4cnc32)cc1. The van der Waals surface area contributed by atoms with Crippen molar-refractivity contribution in [1.82, 2.24) is 18.8 Å². The molecule has 4 aromatic rings. The average molecular weight is 533 g/mol. The third kappa shape index (κ3) is 4.85. The first-order chi connectivity index (χ1) is 17.5.